The maximum absolute atomic E-state index is 13.6. The summed E-state index contributed by atoms with van der Waals surface area (Å²) in [6.45, 7) is 2.01. The van der Waals surface area contributed by atoms with Crippen LogP contribution in [0.5, 0.6) is 5.88 Å². The predicted molar refractivity (Wildman–Crippen MR) is 77.8 cm³/mol. The second kappa shape index (κ2) is 6.69. The molecule has 0 bridgehead atoms. The van der Waals surface area contributed by atoms with E-state index in [1.54, 1.807) is 31.3 Å². The maximum Gasteiger partial charge on any atom is 0.319 e. The van der Waals surface area contributed by atoms with Gasteiger partial charge in [-0.25, -0.2) is 14.2 Å². The molecule has 0 fully saturated rings. The summed E-state index contributed by atoms with van der Waals surface area (Å²) in [7, 11) is 1.51. The average molecular weight is 289 g/mol. The highest BCUT2D eigenvalue weighted by molar-refractivity contribution is 5.89. The fourth-order valence-electron chi connectivity index (χ4n) is 1.81. The van der Waals surface area contributed by atoms with E-state index in [0.717, 1.165) is 11.1 Å². The summed E-state index contributed by atoms with van der Waals surface area (Å²) < 4.78 is 18.7. The van der Waals surface area contributed by atoms with Crippen molar-refractivity contribution in [3.8, 4) is 5.88 Å². The van der Waals surface area contributed by atoms with Gasteiger partial charge in [0.25, 0.3) is 0 Å². The third-order valence-electron chi connectivity index (χ3n) is 2.86. The lowest BCUT2D eigenvalue weighted by Crippen LogP contribution is -2.28. The summed E-state index contributed by atoms with van der Waals surface area (Å²) in [4.78, 5) is 15.8. The van der Waals surface area contributed by atoms with E-state index in [4.69, 9.17) is 4.74 Å². The highest BCUT2D eigenvalue weighted by Crippen LogP contribution is 2.16. The van der Waals surface area contributed by atoms with Crippen molar-refractivity contribution in [1.29, 1.82) is 0 Å². The number of pyridine rings is 1. The lowest BCUT2D eigenvalue weighted by Gasteiger charge is -2.10. The molecule has 0 aliphatic heterocycles. The smallest absolute Gasteiger partial charge is 0.319 e. The Hall–Kier alpha value is -2.63. The zero-order valence-corrected chi connectivity index (χ0v) is 11.8. The number of hydrogen-bond acceptors (Lipinski definition) is 3. The standard InChI is InChI=1S/C15H16FN3O2/c1-10-5-6-13(12(16)8-10)19-15(20)18-9-11-4-3-7-17-14(11)21-2/h3-8H,9H2,1-2H3,(H2,18,19,20). The normalized spacial score (nSPS) is 10.0. The van der Waals surface area contributed by atoms with Crippen LogP contribution >= 0.6 is 0 Å². The third kappa shape index (κ3) is 3.92. The van der Waals surface area contributed by atoms with Crippen LogP contribution in [-0.2, 0) is 6.54 Å². The zero-order chi connectivity index (χ0) is 15.2. The third-order valence-corrected chi connectivity index (χ3v) is 2.86. The van der Waals surface area contributed by atoms with E-state index in [-0.39, 0.29) is 12.2 Å². The molecule has 2 rings (SSSR count). The van der Waals surface area contributed by atoms with Crippen molar-refractivity contribution < 1.29 is 13.9 Å². The van der Waals surface area contributed by atoms with E-state index in [9.17, 15) is 9.18 Å². The van der Waals surface area contributed by atoms with Crippen LogP contribution in [0.1, 0.15) is 11.1 Å². The van der Waals surface area contributed by atoms with E-state index in [0.29, 0.717) is 5.88 Å². The number of carbonyl (C=O) groups excluding carboxylic acids is 1. The SMILES string of the molecule is COc1ncccc1CNC(=O)Nc1ccc(C)cc1F. The lowest BCUT2D eigenvalue weighted by molar-refractivity contribution is 0.251. The minimum atomic E-state index is -0.497. The molecule has 2 N–H and O–H groups in total. The minimum Gasteiger partial charge on any atom is -0.481 e. The molecular weight excluding hydrogens is 273 g/mol. The van der Waals surface area contributed by atoms with Crippen molar-refractivity contribution in [3.05, 3.63) is 53.5 Å². The number of aryl methyl sites for hydroxylation is 1. The molecule has 1 heterocycles. The number of hydrogen-bond donors (Lipinski definition) is 2. The summed E-state index contributed by atoms with van der Waals surface area (Å²) in [5, 5.41) is 5.09. The molecule has 110 valence electrons. The number of anilines is 1. The number of rotatable bonds is 4. The molecule has 0 aliphatic rings. The van der Waals surface area contributed by atoms with Crippen LogP contribution in [0.3, 0.4) is 0 Å². The van der Waals surface area contributed by atoms with Crippen molar-refractivity contribution >= 4 is 11.7 Å². The van der Waals surface area contributed by atoms with E-state index in [2.05, 4.69) is 15.6 Å². The fraction of sp³-hybridized carbons (Fsp3) is 0.200. The second-order valence-electron chi connectivity index (χ2n) is 4.46. The fourth-order valence-corrected chi connectivity index (χ4v) is 1.81. The number of nitrogens with one attached hydrogen (secondary N) is 2. The number of methoxy groups -OCH3 is 1. The predicted octanol–water partition coefficient (Wildman–Crippen LogP) is 2.86. The van der Waals surface area contributed by atoms with Gasteiger partial charge in [0.05, 0.1) is 12.8 Å². The summed E-state index contributed by atoms with van der Waals surface area (Å²) in [6, 6.07) is 7.65. The molecule has 6 heteroatoms. The van der Waals surface area contributed by atoms with Crippen molar-refractivity contribution in [2.75, 3.05) is 12.4 Å². The number of ether oxygens (including phenoxy) is 1. The topological polar surface area (TPSA) is 63.2 Å². The molecule has 0 atom stereocenters. The van der Waals surface area contributed by atoms with Gasteiger partial charge < -0.3 is 15.4 Å². The van der Waals surface area contributed by atoms with Gasteiger partial charge in [0.15, 0.2) is 0 Å². The molecular formula is C15H16FN3O2. The van der Waals surface area contributed by atoms with E-state index in [1.807, 2.05) is 0 Å². The number of aromatic nitrogens is 1. The Morgan fingerprint density at radius 1 is 1.38 bits per heavy atom. The average Bonchev–Trinajstić information content (AvgIpc) is 2.48. The van der Waals surface area contributed by atoms with Crippen LogP contribution in [0.2, 0.25) is 0 Å². The highest BCUT2D eigenvalue weighted by atomic mass is 19.1. The van der Waals surface area contributed by atoms with Crippen LogP contribution in [0, 0.1) is 12.7 Å². The van der Waals surface area contributed by atoms with Crippen LogP contribution in [0.25, 0.3) is 0 Å². The van der Waals surface area contributed by atoms with Crippen molar-refractivity contribution in [2.24, 2.45) is 0 Å². The largest absolute Gasteiger partial charge is 0.481 e. The summed E-state index contributed by atoms with van der Waals surface area (Å²) in [5.74, 6) is -0.0246. The first kappa shape index (κ1) is 14.8. The van der Waals surface area contributed by atoms with Gasteiger partial charge in [0.2, 0.25) is 5.88 Å². The Labute approximate surface area is 122 Å². The number of urea groups is 1. The van der Waals surface area contributed by atoms with Gasteiger partial charge in [-0.1, -0.05) is 12.1 Å². The number of nitrogens with zero attached hydrogens (tertiary/aromatic N) is 1. The lowest BCUT2D eigenvalue weighted by atomic mass is 10.2. The number of amides is 2. The Morgan fingerprint density at radius 3 is 2.90 bits per heavy atom. The number of carbonyl (C=O) groups is 1. The van der Waals surface area contributed by atoms with Gasteiger partial charge in [-0.3, -0.25) is 0 Å². The quantitative estimate of drug-likeness (QED) is 0.909. The van der Waals surface area contributed by atoms with Gasteiger partial charge >= 0.3 is 6.03 Å². The highest BCUT2D eigenvalue weighted by Gasteiger charge is 2.08. The Balaban J connectivity index is 1.96. The second-order valence-corrected chi connectivity index (χ2v) is 4.46. The monoisotopic (exact) mass is 289 g/mol. The minimum absolute atomic E-state index is 0.135. The molecule has 1 aromatic carbocycles. The molecule has 0 saturated carbocycles. The van der Waals surface area contributed by atoms with Crippen LogP contribution in [0.15, 0.2) is 36.5 Å². The first-order chi connectivity index (χ1) is 10.1. The van der Waals surface area contributed by atoms with Crippen LogP contribution in [0.4, 0.5) is 14.9 Å². The van der Waals surface area contributed by atoms with Gasteiger partial charge in [0.1, 0.15) is 5.82 Å². The molecule has 0 spiro atoms. The number of benzene rings is 1. The molecule has 5 nitrogen and oxygen atoms in total. The zero-order valence-electron chi connectivity index (χ0n) is 11.8. The molecule has 1 aromatic heterocycles. The van der Waals surface area contributed by atoms with Gasteiger partial charge in [0, 0.05) is 18.3 Å². The Bertz CT molecular complexity index is 647. The van der Waals surface area contributed by atoms with Crippen molar-refractivity contribution in [3.63, 3.8) is 0 Å². The molecule has 0 saturated heterocycles. The summed E-state index contributed by atoms with van der Waals surface area (Å²) in [5.41, 5.74) is 1.66. The van der Waals surface area contributed by atoms with Crippen LogP contribution < -0.4 is 15.4 Å². The van der Waals surface area contributed by atoms with E-state index >= 15 is 0 Å². The Morgan fingerprint density at radius 2 is 2.19 bits per heavy atom. The first-order valence-corrected chi connectivity index (χ1v) is 6.39. The van der Waals surface area contributed by atoms with Gasteiger partial charge in [-0.15, -0.1) is 0 Å². The molecule has 2 aromatic rings. The molecule has 0 radical (unpaired) electrons. The molecule has 21 heavy (non-hydrogen) atoms. The van der Waals surface area contributed by atoms with Crippen LogP contribution in [-0.4, -0.2) is 18.1 Å². The summed E-state index contributed by atoms with van der Waals surface area (Å²) >= 11 is 0. The van der Waals surface area contributed by atoms with E-state index < -0.39 is 11.8 Å². The van der Waals surface area contributed by atoms with Crippen molar-refractivity contribution in [1.82, 2.24) is 10.3 Å². The van der Waals surface area contributed by atoms with Crippen molar-refractivity contribution in [2.45, 2.75) is 13.5 Å². The first-order valence-electron chi connectivity index (χ1n) is 6.39. The maximum atomic E-state index is 13.6. The molecule has 0 unspecified atom stereocenters. The Kier molecular flexibility index (Phi) is 4.71. The van der Waals surface area contributed by atoms with Gasteiger partial charge in [-0.2, -0.15) is 0 Å². The van der Waals surface area contributed by atoms with Gasteiger partial charge in [-0.05, 0) is 30.7 Å². The number of halogens is 1. The van der Waals surface area contributed by atoms with E-state index in [1.165, 1.54) is 19.2 Å². The molecule has 0 aliphatic carbocycles. The summed E-state index contributed by atoms with van der Waals surface area (Å²) in [6.07, 6.45) is 1.60. The molecule has 2 amide bonds.